The van der Waals surface area contributed by atoms with E-state index in [1.165, 1.54) is 11.5 Å². The molecule has 0 spiro atoms. The fraction of sp³-hybridized carbons (Fsp3) is 0.294. The van der Waals surface area contributed by atoms with E-state index in [-0.39, 0.29) is 17.7 Å². The lowest BCUT2D eigenvalue weighted by Crippen LogP contribution is -2.21. The zero-order valence-corrected chi connectivity index (χ0v) is 16.2. The number of pyridine rings is 1. The average Bonchev–Trinajstić information content (AvgIpc) is 3.15. The number of aromatic nitrogens is 5. The van der Waals surface area contributed by atoms with E-state index in [0.717, 1.165) is 17.7 Å². The molecule has 4 rings (SSSR count). The van der Waals surface area contributed by atoms with Crippen molar-refractivity contribution in [2.45, 2.75) is 18.5 Å². The van der Waals surface area contributed by atoms with Crippen LogP contribution in [0.3, 0.4) is 0 Å². The molecule has 30 heavy (non-hydrogen) atoms. The molecule has 158 valence electrons. The zero-order valence-electron chi connectivity index (χ0n) is 15.4. The van der Waals surface area contributed by atoms with E-state index in [2.05, 4.69) is 24.6 Å². The van der Waals surface area contributed by atoms with Crippen LogP contribution in [0.5, 0.6) is 0 Å². The Bertz CT molecular complexity index is 1040. The second-order valence-corrected chi connectivity index (χ2v) is 7.09. The molecule has 1 aliphatic carbocycles. The van der Waals surface area contributed by atoms with Crippen molar-refractivity contribution in [3.05, 3.63) is 42.7 Å². The Morgan fingerprint density at radius 1 is 1.30 bits per heavy atom. The third-order valence-electron chi connectivity index (χ3n) is 4.18. The van der Waals surface area contributed by atoms with Crippen molar-refractivity contribution in [3.8, 4) is 11.4 Å². The second-order valence-electron chi connectivity index (χ2n) is 6.34. The van der Waals surface area contributed by atoms with Gasteiger partial charge in [0.2, 0.25) is 11.0 Å². The average molecular weight is 440 g/mol. The van der Waals surface area contributed by atoms with E-state index in [1.54, 1.807) is 18.7 Å². The molecule has 0 radical (unpaired) electrons. The van der Waals surface area contributed by atoms with Crippen LogP contribution in [0.25, 0.3) is 11.4 Å². The summed E-state index contributed by atoms with van der Waals surface area (Å²) in [4.78, 5) is 33.7. The number of imidazole rings is 1. The number of carbonyl (C=O) groups excluding carboxylic acids is 1. The van der Waals surface area contributed by atoms with Gasteiger partial charge in [-0.2, -0.15) is 22.5 Å². The summed E-state index contributed by atoms with van der Waals surface area (Å²) in [6.07, 6.45) is 2.74. The Labute approximate surface area is 171 Å². The Balaban J connectivity index is 0.000000318. The van der Waals surface area contributed by atoms with Crippen LogP contribution in [-0.4, -0.2) is 47.1 Å². The monoisotopic (exact) mass is 440 g/mol. The van der Waals surface area contributed by atoms with E-state index in [4.69, 9.17) is 9.90 Å². The van der Waals surface area contributed by atoms with E-state index in [9.17, 15) is 18.0 Å². The Morgan fingerprint density at radius 2 is 2.03 bits per heavy atom. The van der Waals surface area contributed by atoms with Crippen LogP contribution in [0.4, 0.5) is 18.3 Å². The van der Waals surface area contributed by atoms with Crippen LogP contribution >= 0.6 is 11.5 Å². The lowest BCUT2D eigenvalue weighted by Gasteiger charge is -2.01. The number of rotatable bonds is 4. The number of carboxylic acid groups (broad SMARTS) is 1. The molecule has 3 aromatic rings. The SMILES string of the molecule is Cn1cncc1[C@@H]1C[C@H]1C(=O)Nc1nc(-c2cccnc2)ns1.O=C(O)C(F)(F)F. The van der Waals surface area contributed by atoms with Gasteiger partial charge in [0.15, 0.2) is 5.82 Å². The van der Waals surface area contributed by atoms with Gasteiger partial charge in [-0.25, -0.2) is 9.78 Å². The highest BCUT2D eigenvalue weighted by molar-refractivity contribution is 7.10. The molecule has 0 aliphatic heterocycles. The molecule has 3 aromatic heterocycles. The molecule has 2 N–H and O–H groups in total. The van der Waals surface area contributed by atoms with Gasteiger partial charge in [-0.05, 0) is 18.6 Å². The van der Waals surface area contributed by atoms with Gasteiger partial charge in [0.05, 0.1) is 6.33 Å². The molecule has 1 saturated carbocycles. The Morgan fingerprint density at radius 3 is 2.60 bits per heavy atom. The third-order valence-corrected chi connectivity index (χ3v) is 4.81. The van der Waals surface area contributed by atoms with Gasteiger partial charge >= 0.3 is 12.1 Å². The van der Waals surface area contributed by atoms with Gasteiger partial charge in [0, 0.05) is 60.3 Å². The lowest BCUT2D eigenvalue weighted by atomic mass is 10.2. The van der Waals surface area contributed by atoms with Crippen LogP contribution in [0, 0.1) is 5.92 Å². The highest BCUT2D eigenvalue weighted by atomic mass is 32.1. The first-order valence-corrected chi connectivity index (χ1v) is 9.25. The predicted octanol–water partition coefficient (Wildman–Crippen LogP) is 2.71. The molecule has 2 atom stereocenters. The van der Waals surface area contributed by atoms with E-state index < -0.39 is 12.1 Å². The maximum absolute atomic E-state index is 12.3. The molecule has 1 aliphatic rings. The summed E-state index contributed by atoms with van der Waals surface area (Å²) >= 11 is 1.18. The number of carboxylic acids is 1. The Kier molecular flexibility index (Phi) is 6.10. The first kappa shape index (κ1) is 21.4. The highest BCUT2D eigenvalue weighted by Crippen LogP contribution is 2.47. The van der Waals surface area contributed by atoms with E-state index in [1.807, 2.05) is 29.9 Å². The minimum atomic E-state index is -5.08. The number of nitrogens with one attached hydrogen (secondary N) is 1. The molecule has 0 unspecified atom stereocenters. The summed E-state index contributed by atoms with van der Waals surface area (Å²) in [7, 11) is 1.94. The van der Waals surface area contributed by atoms with E-state index in [0.29, 0.717) is 11.0 Å². The standard InChI is InChI=1S/C15H14N6OS.C2HF3O2/c1-21-8-17-7-12(21)10-5-11(10)14(22)19-15-18-13(20-23-15)9-3-2-4-16-6-9;3-2(4,5)1(6)7/h2-4,6-8,10-11H,5H2,1H3,(H,18,19,20,22);(H,6,7)/t10-,11-;/m1./s1. The summed E-state index contributed by atoms with van der Waals surface area (Å²) in [6.45, 7) is 0. The molecular weight excluding hydrogens is 425 g/mol. The van der Waals surface area contributed by atoms with Crippen LogP contribution in [-0.2, 0) is 16.6 Å². The van der Waals surface area contributed by atoms with Crippen molar-refractivity contribution in [1.29, 1.82) is 0 Å². The minimum Gasteiger partial charge on any atom is -0.475 e. The molecule has 1 amide bonds. The van der Waals surface area contributed by atoms with Gasteiger partial charge in [-0.15, -0.1) is 0 Å². The van der Waals surface area contributed by atoms with E-state index >= 15 is 0 Å². The lowest BCUT2D eigenvalue weighted by molar-refractivity contribution is -0.192. The fourth-order valence-corrected chi connectivity index (χ4v) is 3.21. The topological polar surface area (TPSA) is 123 Å². The molecule has 0 bridgehead atoms. The van der Waals surface area contributed by atoms with Crippen molar-refractivity contribution in [1.82, 2.24) is 23.9 Å². The number of aryl methyl sites for hydroxylation is 1. The van der Waals surface area contributed by atoms with Crippen LogP contribution in [0.15, 0.2) is 37.1 Å². The summed E-state index contributed by atoms with van der Waals surface area (Å²) in [6, 6.07) is 3.72. The normalized spacial score (nSPS) is 17.6. The number of amides is 1. The van der Waals surface area contributed by atoms with Crippen LogP contribution in [0.1, 0.15) is 18.0 Å². The second kappa shape index (κ2) is 8.57. The summed E-state index contributed by atoms with van der Waals surface area (Å²) < 4.78 is 38.0. The maximum Gasteiger partial charge on any atom is 0.490 e. The summed E-state index contributed by atoms with van der Waals surface area (Å²) in [5, 5.41) is 10.5. The number of hydrogen-bond donors (Lipinski definition) is 2. The number of nitrogens with zero attached hydrogens (tertiary/aromatic N) is 5. The zero-order chi connectivity index (χ0) is 21.9. The predicted molar refractivity (Wildman–Crippen MR) is 99.5 cm³/mol. The van der Waals surface area contributed by atoms with Crippen molar-refractivity contribution in [3.63, 3.8) is 0 Å². The quantitative estimate of drug-likeness (QED) is 0.639. The van der Waals surface area contributed by atoms with Crippen LogP contribution in [0.2, 0.25) is 0 Å². The molecule has 1 fully saturated rings. The van der Waals surface area contributed by atoms with Gasteiger partial charge in [-0.1, -0.05) is 0 Å². The first-order valence-electron chi connectivity index (χ1n) is 8.48. The van der Waals surface area contributed by atoms with Crippen molar-refractivity contribution in [2.75, 3.05) is 5.32 Å². The number of hydrogen-bond acceptors (Lipinski definition) is 7. The molecule has 13 heteroatoms. The number of alkyl halides is 3. The number of anilines is 1. The number of halogens is 3. The first-order chi connectivity index (χ1) is 14.2. The van der Waals surface area contributed by atoms with Crippen molar-refractivity contribution < 1.29 is 27.9 Å². The van der Waals surface area contributed by atoms with Gasteiger partial charge in [-0.3, -0.25) is 9.78 Å². The van der Waals surface area contributed by atoms with Crippen molar-refractivity contribution in [2.24, 2.45) is 13.0 Å². The smallest absolute Gasteiger partial charge is 0.475 e. The molecule has 9 nitrogen and oxygen atoms in total. The highest BCUT2D eigenvalue weighted by Gasteiger charge is 2.45. The molecule has 0 aromatic carbocycles. The fourth-order valence-electron chi connectivity index (χ4n) is 2.62. The third kappa shape index (κ3) is 5.17. The molecule has 3 heterocycles. The van der Waals surface area contributed by atoms with Gasteiger partial charge in [0.1, 0.15) is 0 Å². The number of carbonyl (C=O) groups is 2. The van der Waals surface area contributed by atoms with Gasteiger partial charge in [0.25, 0.3) is 0 Å². The molecular formula is C17H15F3N6O3S. The molecule has 0 saturated heterocycles. The van der Waals surface area contributed by atoms with Crippen LogP contribution < -0.4 is 5.32 Å². The van der Waals surface area contributed by atoms with Crippen molar-refractivity contribution >= 4 is 28.5 Å². The Hall–Kier alpha value is -3.35. The largest absolute Gasteiger partial charge is 0.490 e. The minimum absolute atomic E-state index is 0.00918. The summed E-state index contributed by atoms with van der Waals surface area (Å²) in [5.74, 6) is -1.96. The van der Waals surface area contributed by atoms with Gasteiger partial charge < -0.3 is 15.0 Å². The number of aliphatic carboxylic acids is 1. The maximum atomic E-state index is 12.3. The summed E-state index contributed by atoms with van der Waals surface area (Å²) in [5.41, 5.74) is 1.93.